The Balaban J connectivity index is 1.84. The highest BCUT2D eigenvalue weighted by Gasteiger charge is 1.98. The van der Waals surface area contributed by atoms with Crippen molar-refractivity contribution in [3.05, 3.63) is 72.1 Å². The Labute approximate surface area is 108 Å². The number of hydrogen-bond donors (Lipinski definition) is 1. The van der Waals surface area contributed by atoms with Crippen LogP contribution in [-0.4, -0.2) is 11.5 Å². The molecule has 0 radical (unpaired) electrons. The van der Waals surface area contributed by atoms with Gasteiger partial charge in [-0.15, -0.1) is 0 Å². The number of aromatic nitrogens is 1. The van der Waals surface area contributed by atoms with Crippen LogP contribution in [0.25, 0.3) is 5.57 Å². The number of pyridine rings is 1. The molecule has 0 aliphatic carbocycles. The van der Waals surface area contributed by atoms with E-state index in [-0.39, 0.29) is 0 Å². The van der Waals surface area contributed by atoms with Crippen molar-refractivity contribution in [1.82, 2.24) is 10.3 Å². The van der Waals surface area contributed by atoms with E-state index in [2.05, 4.69) is 29.0 Å². The van der Waals surface area contributed by atoms with Gasteiger partial charge in [-0.3, -0.25) is 4.98 Å². The van der Waals surface area contributed by atoms with Gasteiger partial charge in [0, 0.05) is 18.8 Å². The van der Waals surface area contributed by atoms with E-state index in [1.165, 1.54) is 5.56 Å². The lowest BCUT2D eigenvalue weighted by Gasteiger charge is -2.08. The minimum atomic E-state index is 0.771. The zero-order chi connectivity index (χ0) is 12.8. The largest absolute Gasteiger partial charge is 0.307 e. The minimum absolute atomic E-state index is 0.771. The predicted octanol–water partition coefficient (Wildman–Crippen LogP) is 3.19. The van der Waals surface area contributed by atoms with E-state index >= 15 is 0 Å². The Bertz CT molecular complexity index is 518. The van der Waals surface area contributed by atoms with Crippen molar-refractivity contribution >= 4 is 5.57 Å². The number of hydrogen-bond acceptors (Lipinski definition) is 2. The van der Waals surface area contributed by atoms with Crippen LogP contribution in [0.5, 0.6) is 0 Å². The fourth-order valence-electron chi connectivity index (χ4n) is 1.82. The minimum Gasteiger partial charge on any atom is -0.307 e. The van der Waals surface area contributed by atoms with Gasteiger partial charge in [0.2, 0.25) is 0 Å². The maximum Gasteiger partial charge on any atom is 0.0544 e. The quantitative estimate of drug-likeness (QED) is 0.865. The van der Waals surface area contributed by atoms with Crippen molar-refractivity contribution in [3.63, 3.8) is 0 Å². The standard InChI is InChI=1S/C16H18N2/c1-13(15-8-4-3-5-9-15)11-17-12-16-10-6-7-14(2)18-16/h3-10,17H,1,11-12H2,2H3. The molecule has 92 valence electrons. The third-order valence-electron chi connectivity index (χ3n) is 2.77. The fraction of sp³-hybridized carbons (Fsp3) is 0.188. The summed E-state index contributed by atoms with van der Waals surface area (Å²) in [5.41, 5.74) is 4.40. The first kappa shape index (κ1) is 12.5. The third kappa shape index (κ3) is 3.54. The van der Waals surface area contributed by atoms with Gasteiger partial charge in [-0.05, 0) is 30.2 Å². The summed E-state index contributed by atoms with van der Waals surface area (Å²) < 4.78 is 0. The molecule has 0 unspecified atom stereocenters. The van der Waals surface area contributed by atoms with Crippen molar-refractivity contribution in [2.45, 2.75) is 13.5 Å². The van der Waals surface area contributed by atoms with Crippen LogP contribution in [-0.2, 0) is 6.54 Å². The van der Waals surface area contributed by atoms with Crippen LogP contribution in [0.2, 0.25) is 0 Å². The first-order chi connectivity index (χ1) is 8.75. The van der Waals surface area contributed by atoms with Crippen molar-refractivity contribution in [1.29, 1.82) is 0 Å². The molecule has 0 aliphatic rings. The van der Waals surface area contributed by atoms with Crippen LogP contribution >= 0.6 is 0 Å². The molecule has 2 heteroatoms. The van der Waals surface area contributed by atoms with E-state index in [0.717, 1.165) is 30.1 Å². The van der Waals surface area contributed by atoms with Gasteiger partial charge in [0.05, 0.1) is 5.69 Å². The SMILES string of the molecule is C=C(CNCc1cccc(C)n1)c1ccccc1. The molecule has 0 saturated carbocycles. The second kappa shape index (κ2) is 6.12. The lowest BCUT2D eigenvalue weighted by atomic mass is 10.1. The number of rotatable bonds is 5. The molecule has 0 aliphatic heterocycles. The number of aryl methyl sites for hydroxylation is 1. The van der Waals surface area contributed by atoms with Crippen molar-refractivity contribution < 1.29 is 0 Å². The summed E-state index contributed by atoms with van der Waals surface area (Å²) in [6, 6.07) is 16.3. The van der Waals surface area contributed by atoms with Gasteiger partial charge in [-0.25, -0.2) is 0 Å². The van der Waals surface area contributed by atoms with E-state index < -0.39 is 0 Å². The molecule has 2 rings (SSSR count). The molecule has 18 heavy (non-hydrogen) atoms. The highest BCUT2D eigenvalue weighted by molar-refractivity contribution is 5.64. The van der Waals surface area contributed by atoms with Crippen molar-refractivity contribution in [2.75, 3.05) is 6.54 Å². The molecule has 0 amide bonds. The van der Waals surface area contributed by atoms with E-state index in [9.17, 15) is 0 Å². The lowest BCUT2D eigenvalue weighted by Crippen LogP contribution is -2.16. The fourth-order valence-corrected chi connectivity index (χ4v) is 1.82. The molecular formula is C16H18N2. The van der Waals surface area contributed by atoms with E-state index in [1.807, 2.05) is 43.3 Å². The highest BCUT2D eigenvalue weighted by atomic mass is 14.9. The summed E-state index contributed by atoms with van der Waals surface area (Å²) in [4.78, 5) is 4.45. The number of nitrogens with one attached hydrogen (secondary N) is 1. The van der Waals surface area contributed by atoms with Gasteiger partial charge in [0.1, 0.15) is 0 Å². The molecule has 1 aromatic carbocycles. The van der Waals surface area contributed by atoms with Crippen LogP contribution in [0.15, 0.2) is 55.1 Å². The molecule has 1 aromatic heterocycles. The third-order valence-corrected chi connectivity index (χ3v) is 2.77. The van der Waals surface area contributed by atoms with Gasteiger partial charge in [0.25, 0.3) is 0 Å². The van der Waals surface area contributed by atoms with Crippen molar-refractivity contribution in [2.24, 2.45) is 0 Å². The van der Waals surface area contributed by atoms with Crippen molar-refractivity contribution in [3.8, 4) is 0 Å². The number of nitrogens with zero attached hydrogens (tertiary/aromatic N) is 1. The Kier molecular flexibility index (Phi) is 4.26. The summed E-state index contributed by atoms with van der Waals surface area (Å²) in [7, 11) is 0. The molecule has 2 aromatic rings. The maximum atomic E-state index is 4.45. The maximum absolute atomic E-state index is 4.45. The molecule has 0 bridgehead atoms. The van der Waals surface area contributed by atoms with Crippen LogP contribution < -0.4 is 5.32 Å². The Hall–Kier alpha value is -1.93. The Morgan fingerprint density at radius 1 is 1.11 bits per heavy atom. The van der Waals surface area contributed by atoms with Gasteiger partial charge in [-0.1, -0.05) is 43.0 Å². The van der Waals surface area contributed by atoms with Gasteiger partial charge in [0.15, 0.2) is 0 Å². The molecule has 0 atom stereocenters. The van der Waals surface area contributed by atoms with E-state index in [1.54, 1.807) is 0 Å². The average Bonchev–Trinajstić information content (AvgIpc) is 2.40. The van der Waals surface area contributed by atoms with Crippen LogP contribution in [0.4, 0.5) is 0 Å². The van der Waals surface area contributed by atoms with E-state index in [4.69, 9.17) is 0 Å². The summed E-state index contributed by atoms with van der Waals surface area (Å²) in [6.07, 6.45) is 0. The summed E-state index contributed by atoms with van der Waals surface area (Å²) in [5.74, 6) is 0. The molecule has 0 saturated heterocycles. The van der Waals surface area contributed by atoms with Gasteiger partial charge >= 0.3 is 0 Å². The predicted molar refractivity (Wildman–Crippen MR) is 76.2 cm³/mol. The van der Waals surface area contributed by atoms with Crippen LogP contribution in [0, 0.1) is 6.92 Å². The summed E-state index contributed by atoms with van der Waals surface area (Å²) in [6.45, 7) is 7.65. The number of benzene rings is 1. The zero-order valence-electron chi connectivity index (χ0n) is 10.7. The Morgan fingerprint density at radius 2 is 1.89 bits per heavy atom. The topological polar surface area (TPSA) is 24.9 Å². The molecule has 0 spiro atoms. The molecular weight excluding hydrogens is 220 g/mol. The smallest absolute Gasteiger partial charge is 0.0544 e. The monoisotopic (exact) mass is 238 g/mol. The lowest BCUT2D eigenvalue weighted by molar-refractivity contribution is 0.745. The second-order valence-electron chi connectivity index (χ2n) is 4.34. The average molecular weight is 238 g/mol. The normalized spacial score (nSPS) is 10.3. The summed E-state index contributed by atoms with van der Waals surface area (Å²) >= 11 is 0. The van der Waals surface area contributed by atoms with Gasteiger partial charge < -0.3 is 5.32 Å². The first-order valence-corrected chi connectivity index (χ1v) is 6.12. The molecule has 2 nitrogen and oxygen atoms in total. The van der Waals surface area contributed by atoms with Crippen LogP contribution in [0.1, 0.15) is 17.0 Å². The molecule has 1 heterocycles. The van der Waals surface area contributed by atoms with Crippen LogP contribution in [0.3, 0.4) is 0 Å². The molecule has 1 N–H and O–H groups in total. The highest BCUT2D eigenvalue weighted by Crippen LogP contribution is 2.10. The van der Waals surface area contributed by atoms with Gasteiger partial charge in [-0.2, -0.15) is 0 Å². The molecule has 0 fully saturated rings. The second-order valence-corrected chi connectivity index (χ2v) is 4.34. The zero-order valence-corrected chi connectivity index (χ0v) is 10.7. The first-order valence-electron chi connectivity index (χ1n) is 6.12. The summed E-state index contributed by atoms with van der Waals surface area (Å²) in [5, 5.41) is 3.37. The Morgan fingerprint density at radius 3 is 2.61 bits per heavy atom. The van der Waals surface area contributed by atoms with E-state index in [0.29, 0.717) is 0 Å².